The normalized spacial score (nSPS) is 38.3. The highest BCUT2D eigenvalue weighted by molar-refractivity contribution is 5.85. The Morgan fingerprint density at radius 3 is 2.36 bits per heavy atom. The zero-order valence-electron chi connectivity index (χ0n) is 19.7. The molecule has 178 valence electrons. The van der Waals surface area contributed by atoms with Gasteiger partial charge in [0.25, 0.3) is 0 Å². The van der Waals surface area contributed by atoms with E-state index in [1.54, 1.807) is 13.0 Å². The predicted molar refractivity (Wildman–Crippen MR) is 115 cm³/mol. The first kappa shape index (κ1) is 23.3. The van der Waals surface area contributed by atoms with Gasteiger partial charge in [-0.1, -0.05) is 18.2 Å². The first-order valence-electron chi connectivity index (χ1n) is 11.1. The molecule has 4 aliphatic rings. The van der Waals surface area contributed by atoms with Crippen LogP contribution in [0.25, 0.3) is 0 Å². The minimum absolute atomic E-state index is 0.399. The summed E-state index contributed by atoms with van der Waals surface area (Å²) in [6.07, 6.45) is 4.64. The minimum atomic E-state index is -1.35. The Bertz CT molecular complexity index is 1020. The molecule has 2 saturated carbocycles. The summed E-state index contributed by atoms with van der Waals surface area (Å²) in [7, 11) is 2.60. The Hall–Kier alpha value is -2.90. The molecule has 6 atom stereocenters. The van der Waals surface area contributed by atoms with Gasteiger partial charge < -0.3 is 18.9 Å². The molecule has 0 aromatic rings. The molecule has 4 rings (SSSR count). The van der Waals surface area contributed by atoms with Crippen LogP contribution in [-0.4, -0.2) is 49.8 Å². The summed E-state index contributed by atoms with van der Waals surface area (Å²) < 4.78 is 21.8. The summed E-state index contributed by atoms with van der Waals surface area (Å²) in [5.41, 5.74) is -0.221. The third kappa shape index (κ3) is 3.02. The number of esters is 4. The van der Waals surface area contributed by atoms with Crippen LogP contribution < -0.4 is 0 Å². The maximum Gasteiger partial charge on any atom is 0.316 e. The van der Waals surface area contributed by atoms with E-state index in [9.17, 15) is 19.2 Å². The van der Waals surface area contributed by atoms with Gasteiger partial charge in [-0.2, -0.15) is 0 Å². The van der Waals surface area contributed by atoms with Crippen molar-refractivity contribution in [3.8, 4) is 0 Å². The van der Waals surface area contributed by atoms with Crippen LogP contribution in [0, 0.1) is 22.7 Å². The molecule has 0 amide bonds. The van der Waals surface area contributed by atoms with Crippen molar-refractivity contribution in [2.45, 2.75) is 58.2 Å². The lowest BCUT2D eigenvalue weighted by Crippen LogP contribution is -2.54. The van der Waals surface area contributed by atoms with Crippen molar-refractivity contribution in [1.29, 1.82) is 0 Å². The van der Waals surface area contributed by atoms with Gasteiger partial charge in [0.15, 0.2) is 0 Å². The lowest BCUT2D eigenvalue weighted by Gasteiger charge is -2.45. The fourth-order valence-electron chi connectivity index (χ4n) is 6.99. The smallest absolute Gasteiger partial charge is 0.316 e. The third-order valence-electron chi connectivity index (χ3n) is 8.17. The van der Waals surface area contributed by atoms with Crippen LogP contribution in [0.1, 0.15) is 46.5 Å². The van der Waals surface area contributed by atoms with Crippen LogP contribution in [0.5, 0.6) is 0 Å². The first-order valence-corrected chi connectivity index (χ1v) is 11.1. The zero-order chi connectivity index (χ0) is 24.3. The highest BCUT2D eigenvalue weighted by Gasteiger charge is 2.72. The topological polar surface area (TPSA) is 105 Å². The van der Waals surface area contributed by atoms with Crippen molar-refractivity contribution in [3.05, 3.63) is 35.5 Å². The van der Waals surface area contributed by atoms with E-state index in [1.165, 1.54) is 28.1 Å². The van der Waals surface area contributed by atoms with Gasteiger partial charge in [0.1, 0.15) is 17.1 Å². The molecular weight excluding hydrogens is 428 g/mol. The molecule has 33 heavy (non-hydrogen) atoms. The van der Waals surface area contributed by atoms with Gasteiger partial charge in [0, 0.05) is 31.6 Å². The monoisotopic (exact) mass is 458 g/mol. The fourth-order valence-corrected chi connectivity index (χ4v) is 6.99. The molecule has 2 fully saturated rings. The van der Waals surface area contributed by atoms with E-state index in [0.29, 0.717) is 25.7 Å². The van der Waals surface area contributed by atoms with E-state index in [2.05, 4.69) is 6.58 Å². The van der Waals surface area contributed by atoms with E-state index in [-0.39, 0.29) is 0 Å². The van der Waals surface area contributed by atoms with E-state index >= 15 is 0 Å². The molecule has 8 heteroatoms. The van der Waals surface area contributed by atoms with Gasteiger partial charge in [0.05, 0.1) is 20.1 Å². The molecule has 1 spiro atoms. The van der Waals surface area contributed by atoms with Crippen molar-refractivity contribution in [1.82, 2.24) is 0 Å². The van der Waals surface area contributed by atoms with Crippen LogP contribution in [0.3, 0.4) is 0 Å². The maximum absolute atomic E-state index is 13.4. The highest BCUT2D eigenvalue weighted by Crippen LogP contribution is 2.72. The molecule has 0 unspecified atom stereocenters. The molecule has 0 radical (unpaired) electrons. The molecule has 8 nitrogen and oxygen atoms in total. The van der Waals surface area contributed by atoms with E-state index in [0.717, 1.165) is 16.7 Å². The Morgan fingerprint density at radius 2 is 1.79 bits per heavy atom. The molecule has 0 aromatic carbocycles. The number of methoxy groups -OCH3 is 2. The molecule has 0 aromatic heterocycles. The van der Waals surface area contributed by atoms with Crippen molar-refractivity contribution in [2.75, 3.05) is 14.2 Å². The number of hydrogen-bond donors (Lipinski definition) is 0. The number of carbonyl (C=O) groups is 4. The standard InChI is InChI=1S/C25H30O8/c1-13-11-24-12-25(13,33-15(3)27)10-9-17(24)16-7-8-18(32-14(2)26)23(4,22(29)31-6)19(16)20(24)21(28)30-5/h7-8,18-20H,1,9-12H2,2-6H3/t18-,19+,20+,23+,24-,25+/m0/s1. The van der Waals surface area contributed by atoms with Gasteiger partial charge in [-0.05, 0) is 43.4 Å². The van der Waals surface area contributed by atoms with Gasteiger partial charge in [-0.3, -0.25) is 19.2 Å². The number of rotatable bonds is 4. The second-order valence-corrected chi connectivity index (χ2v) is 9.78. The summed E-state index contributed by atoms with van der Waals surface area (Å²) in [6, 6.07) is 0. The van der Waals surface area contributed by atoms with E-state index < -0.39 is 58.2 Å². The van der Waals surface area contributed by atoms with Crippen LogP contribution in [-0.2, 0) is 38.1 Å². The van der Waals surface area contributed by atoms with Gasteiger partial charge in [-0.25, -0.2) is 0 Å². The van der Waals surface area contributed by atoms with Crippen molar-refractivity contribution in [2.24, 2.45) is 22.7 Å². The zero-order valence-corrected chi connectivity index (χ0v) is 19.7. The number of allylic oxidation sites excluding steroid dienone is 3. The lowest BCUT2D eigenvalue weighted by molar-refractivity contribution is -0.175. The second-order valence-electron chi connectivity index (χ2n) is 9.78. The molecule has 0 saturated heterocycles. The molecule has 2 bridgehead atoms. The highest BCUT2D eigenvalue weighted by atomic mass is 16.6. The average molecular weight is 459 g/mol. The van der Waals surface area contributed by atoms with Crippen molar-refractivity contribution >= 4 is 23.9 Å². The number of hydrogen-bond acceptors (Lipinski definition) is 8. The molecule has 0 heterocycles. The summed E-state index contributed by atoms with van der Waals surface area (Å²) in [4.78, 5) is 50.5. The van der Waals surface area contributed by atoms with E-state index in [4.69, 9.17) is 18.9 Å². The van der Waals surface area contributed by atoms with Crippen LogP contribution in [0.15, 0.2) is 35.5 Å². The number of carbonyl (C=O) groups excluding carboxylic acids is 4. The van der Waals surface area contributed by atoms with Crippen LogP contribution in [0.4, 0.5) is 0 Å². The maximum atomic E-state index is 13.4. The predicted octanol–water partition coefficient (Wildman–Crippen LogP) is 2.81. The largest absolute Gasteiger partial charge is 0.469 e. The van der Waals surface area contributed by atoms with E-state index in [1.807, 2.05) is 6.08 Å². The van der Waals surface area contributed by atoms with Gasteiger partial charge in [-0.15, -0.1) is 0 Å². The number of fused-ring (bicyclic) bond motifs is 2. The van der Waals surface area contributed by atoms with Crippen LogP contribution in [0.2, 0.25) is 0 Å². The molecule has 0 aliphatic heterocycles. The SMILES string of the molecule is C=C1C[C@]23C[C@]1(OC(C)=O)CCC2=C1C=C[C@H](OC(C)=O)[C@@](C)(C(=O)OC)[C@H]1[C@@H]3C(=O)OC. The summed E-state index contributed by atoms with van der Waals surface area (Å²) in [5.74, 6) is -3.37. The summed E-state index contributed by atoms with van der Waals surface area (Å²) >= 11 is 0. The van der Waals surface area contributed by atoms with Crippen molar-refractivity contribution in [3.63, 3.8) is 0 Å². The summed E-state index contributed by atoms with van der Waals surface area (Å²) in [6.45, 7) is 8.55. The Kier molecular flexibility index (Phi) is 5.34. The molecule has 4 aliphatic carbocycles. The Morgan fingerprint density at radius 1 is 1.09 bits per heavy atom. The molecular formula is C25H30O8. The van der Waals surface area contributed by atoms with Gasteiger partial charge in [0.2, 0.25) is 0 Å². The van der Waals surface area contributed by atoms with Gasteiger partial charge >= 0.3 is 23.9 Å². The number of ether oxygens (including phenoxy) is 4. The second kappa shape index (κ2) is 7.57. The minimum Gasteiger partial charge on any atom is -0.469 e. The molecule has 0 N–H and O–H groups in total. The first-order chi connectivity index (χ1) is 15.5. The average Bonchev–Trinajstić information content (AvgIpc) is 3.15. The van der Waals surface area contributed by atoms with Crippen molar-refractivity contribution < 1.29 is 38.1 Å². The summed E-state index contributed by atoms with van der Waals surface area (Å²) in [5, 5.41) is 0. The fraction of sp³-hybridized carbons (Fsp3) is 0.600. The quantitative estimate of drug-likeness (QED) is 0.360. The Labute approximate surface area is 193 Å². The lowest BCUT2D eigenvalue weighted by atomic mass is 9.59. The Balaban J connectivity index is 1.93. The third-order valence-corrected chi connectivity index (χ3v) is 8.17. The van der Waals surface area contributed by atoms with Crippen LogP contribution >= 0.6 is 0 Å².